The number of aryl methyl sites for hydroxylation is 2. The van der Waals surface area contributed by atoms with Crippen molar-refractivity contribution in [1.29, 1.82) is 0 Å². The van der Waals surface area contributed by atoms with Crippen LogP contribution in [0.1, 0.15) is 52.4 Å². The SMILES string of the molecule is C=Cc1cc(OC(F)(F)F)ccc1C(=O)Nc1nc(-c2ccc(/C=N/N=C3\SCC(=O)N3c3cc(C)ccc3C(C)C)cc2)nn1C. The summed E-state index contributed by atoms with van der Waals surface area (Å²) in [5.74, 6) is -0.165. The zero-order chi connectivity index (χ0) is 33.9. The van der Waals surface area contributed by atoms with E-state index in [-0.39, 0.29) is 34.7 Å². The minimum atomic E-state index is -4.87. The number of rotatable bonds is 9. The van der Waals surface area contributed by atoms with Gasteiger partial charge in [-0.3, -0.25) is 19.8 Å². The number of hydrogen-bond acceptors (Lipinski definition) is 8. The molecule has 5 rings (SSSR count). The molecule has 1 saturated heterocycles. The van der Waals surface area contributed by atoms with E-state index in [4.69, 9.17) is 0 Å². The summed E-state index contributed by atoms with van der Waals surface area (Å²) >= 11 is 1.34. The van der Waals surface area contributed by atoms with Crippen molar-refractivity contribution in [1.82, 2.24) is 14.8 Å². The average molecular weight is 662 g/mol. The summed E-state index contributed by atoms with van der Waals surface area (Å²) in [6, 6.07) is 16.6. The number of anilines is 2. The Morgan fingerprint density at radius 2 is 1.87 bits per heavy atom. The second-order valence-electron chi connectivity index (χ2n) is 10.8. The van der Waals surface area contributed by atoms with Crippen LogP contribution >= 0.6 is 11.8 Å². The van der Waals surface area contributed by atoms with Crippen molar-refractivity contribution in [2.24, 2.45) is 17.3 Å². The fraction of sp³-hybridized carbons (Fsp3) is 0.212. The number of ether oxygens (including phenoxy) is 1. The van der Waals surface area contributed by atoms with Gasteiger partial charge in [-0.1, -0.05) is 74.7 Å². The lowest BCUT2D eigenvalue weighted by molar-refractivity contribution is -0.274. The van der Waals surface area contributed by atoms with Gasteiger partial charge in [-0.15, -0.1) is 23.4 Å². The molecule has 10 nitrogen and oxygen atoms in total. The molecule has 4 aromatic rings. The fourth-order valence-electron chi connectivity index (χ4n) is 4.77. The van der Waals surface area contributed by atoms with E-state index in [2.05, 4.69) is 50.8 Å². The maximum absolute atomic E-state index is 13.0. The maximum Gasteiger partial charge on any atom is 0.573 e. The van der Waals surface area contributed by atoms with Crippen LogP contribution in [0.15, 0.2) is 77.4 Å². The van der Waals surface area contributed by atoms with Gasteiger partial charge in [0, 0.05) is 18.2 Å². The molecule has 0 radical (unpaired) electrons. The Labute approximate surface area is 273 Å². The van der Waals surface area contributed by atoms with E-state index in [0.717, 1.165) is 34.5 Å². The van der Waals surface area contributed by atoms with Crippen LogP contribution in [0.4, 0.5) is 24.8 Å². The number of aromatic nitrogens is 3. The molecule has 14 heteroatoms. The van der Waals surface area contributed by atoms with Crippen LogP contribution in [0, 0.1) is 6.92 Å². The summed E-state index contributed by atoms with van der Waals surface area (Å²) in [7, 11) is 1.59. The van der Waals surface area contributed by atoms with E-state index >= 15 is 0 Å². The summed E-state index contributed by atoms with van der Waals surface area (Å²) in [4.78, 5) is 31.8. The molecule has 0 atom stereocenters. The van der Waals surface area contributed by atoms with Gasteiger partial charge in [-0.2, -0.15) is 10.1 Å². The quantitative estimate of drug-likeness (QED) is 0.150. The van der Waals surface area contributed by atoms with Gasteiger partial charge in [0.05, 0.1) is 17.7 Å². The Hall–Kier alpha value is -5.24. The summed E-state index contributed by atoms with van der Waals surface area (Å²) in [6.07, 6.45) is -2.03. The van der Waals surface area contributed by atoms with Crippen LogP contribution in [0.3, 0.4) is 0 Å². The van der Waals surface area contributed by atoms with E-state index in [9.17, 15) is 22.8 Å². The highest BCUT2D eigenvalue weighted by Gasteiger charge is 2.32. The molecule has 2 heterocycles. The first kappa shape index (κ1) is 33.1. The third kappa shape index (κ3) is 7.77. The van der Waals surface area contributed by atoms with Crippen molar-refractivity contribution >= 4 is 52.7 Å². The molecule has 1 aliphatic heterocycles. The third-order valence-electron chi connectivity index (χ3n) is 7.04. The maximum atomic E-state index is 13.0. The third-order valence-corrected chi connectivity index (χ3v) is 7.96. The number of benzene rings is 3. The van der Waals surface area contributed by atoms with Gasteiger partial charge in [-0.05, 0) is 59.4 Å². The van der Waals surface area contributed by atoms with Gasteiger partial charge < -0.3 is 4.74 Å². The zero-order valence-corrected chi connectivity index (χ0v) is 26.7. The van der Waals surface area contributed by atoms with Crippen LogP contribution in [-0.4, -0.2) is 50.1 Å². The largest absolute Gasteiger partial charge is 0.573 e. The molecule has 2 amide bonds. The van der Waals surface area contributed by atoms with Crippen molar-refractivity contribution < 1.29 is 27.5 Å². The summed E-state index contributed by atoms with van der Waals surface area (Å²) in [5.41, 5.74) is 4.56. The molecule has 0 bridgehead atoms. The highest BCUT2D eigenvalue weighted by atomic mass is 32.2. The lowest BCUT2D eigenvalue weighted by Gasteiger charge is -2.21. The van der Waals surface area contributed by atoms with Crippen molar-refractivity contribution in [3.05, 3.63) is 95.1 Å². The molecule has 3 aromatic carbocycles. The highest BCUT2D eigenvalue weighted by molar-refractivity contribution is 8.15. The van der Waals surface area contributed by atoms with Gasteiger partial charge in [-0.25, -0.2) is 4.68 Å². The lowest BCUT2D eigenvalue weighted by Crippen LogP contribution is -2.30. The minimum Gasteiger partial charge on any atom is -0.406 e. The molecule has 0 spiro atoms. The predicted molar refractivity (Wildman–Crippen MR) is 178 cm³/mol. The number of amidine groups is 1. The topological polar surface area (TPSA) is 114 Å². The van der Waals surface area contributed by atoms with E-state index in [0.29, 0.717) is 16.6 Å². The number of amides is 2. The lowest BCUT2D eigenvalue weighted by atomic mass is 9.99. The normalized spacial score (nSPS) is 14.4. The zero-order valence-electron chi connectivity index (χ0n) is 25.9. The molecule has 1 N–H and O–H groups in total. The van der Waals surface area contributed by atoms with Gasteiger partial charge in [0.15, 0.2) is 11.0 Å². The molecule has 1 aliphatic rings. The molecule has 0 saturated carbocycles. The van der Waals surface area contributed by atoms with Crippen molar-refractivity contribution in [3.8, 4) is 17.1 Å². The van der Waals surface area contributed by atoms with E-state index in [1.54, 1.807) is 42.4 Å². The van der Waals surface area contributed by atoms with Crippen molar-refractivity contribution in [2.75, 3.05) is 16.0 Å². The number of hydrogen-bond donors (Lipinski definition) is 1. The molecular formula is C33H30F3N7O3S. The van der Waals surface area contributed by atoms with Crippen LogP contribution in [0.5, 0.6) is 5.75 Å². The molecule has 0 unspecified atom stereocenters. The molecule has 1 fully saturated rings. The second-order valence-corrected chi connectivity index (χ2v) is 11.8. The van der Waals surface area contributed by atoms with Gasteiger partial charge in [0.2, 0.25) is 11.9 Å². The Balaban J connectivity index is 1.28. The fourth-order valence-corrected chi connectivity index (χ4v) is 5.59. The molecule has 47 heavy (non-hydrogen) atoms. The predicted octanol–water partition coefficient (Wildman–Crippen LogP) is 7.18. The van der Waals surface area contributed by atoms with Crippen molar-refractivity contribution in [2.45, 2.75) is 33.1 Å². The molecule has 0 aliphatic carbocycles. The standard InChI is InChI=1S/C33H30F3N7O3S/c1-6-22-16-24(46-33(34,35)36)12-14-26(22)30(45)39-31-38-29(41-42(31)5)23-10-8-21(9-11-23)17-37-40-32-43(28(44)18-47-32)27-15-20(4)7-13-25(27)19(2)3/h6-17,19H,1,18H2,2-5H3,(H,38,39,41,45)/b37-17+,40-32-. The van der Waals surface area contributed by atoms with Crippen LogP contribution < -0.4 is 15.0 Å². The second kappa shape index (κ2) is 13.6. The smallest absolute Gasteiger partial charge is 0.406 e. The molecular weight excluding hydrogens is 631 g/mol. The number of alkyl halides is 3. The molecule has 242 valence electrons. The minimum absolute atomic E-state index is 0.0474. The van der Waals surface area contributed by atoms with Crippen LogP contribution in [-0.2, 0) is 11.8 Å². The first-order valence-electron chi connectivity index (χ1n) is 14.4. The number of nitrogens with zero attached hydrogens (tertiary/aromatic N) is 6. The van der Waals surface area contributed by atoms with Gasteiger partial charge >= 0.3 is 6.36 Å². The monoisotopic (exact) mass is 661 g/mol. The first-order valence-corrected chi connectivity index (χ1v) is 15.3. The number of halogens is 3. The number of thioether (sulfide) groups is 1. The van der Waals surface area contributed by atoms with E-state index in [1.807, 2.05) is 25.1 Å². The first-order chi connectivity index (χ1) is 22.3. The Morgan fingerprint density at radius 1 is 1.13 bits per heavy atom. The number of carbonyl (C=O) groups is 2. The summed E-state index contributed by atoms with van der Waals surface area (Å²) in [6.45, 7) is 9.72. The summed E-state index contributed by atoms with van der Waals surface area (Å²) in [5, 5.41) is 16.1. The van der Waals surface area contributed by atoms with Crippen molar-refractivity contribution in [3.63, 3.8) is 0 Å². The van der Waals surface area contributed by atoms with E-state index in [1.165, 1.54) is 28.6 Å². The Bertz CT molecular complexity index is 1900. The van der Waals surface area contributed by atoms with Crippen LogP contribution in [0.2, 0.25) is 0 Å². The number of carbonyl (C=O) groups excluding carboxylic acids is 2. The summed E-state index contributed by atoms with van der Waals surface area (Å²) < 4.78 is 43.1. The Kier molecular flexibility index (Phi) is 9.61. The average Bonchev–Trinajstić information content (AvgIpc) is 3.57. The Morgan fingerprint density at radius 3 is 2.55 bits per heavy atom. The highest BCUT2D eigenvalue weighted by Crippen LogP contribution is 2.34. The number of nitrogens with one attached hydrogen (secondary N) is 1. The van der Waals surface area contributed by atoms with Crippen LogP contribution in [0.25, 0.3) is 17.5 Å². The van der Waals surface area contributed by atoms with Gasteiger partial charge in [0.25, 0.3) is 5.91 Å². The molecule has 1 aromatic heterocycles. The van der Waals surface area contributed by atoms with Gasteiger partial charge in [0.1, 0.15) is 5.75 Å². The van der Waals surface area contributed by atoms with E-state index < -0.39 is 18.0 Å².